The maximum atomic E-state index is 13.3. The molecule has 0 N–H and O–H groups in total. The number of fused-ring (bicyclic) bond motifs is 2. The van der Waals surface area contributed by atoms with Crippen LogP contribution in [0.25, 0.3) is 76.1 Å². The normalized spacial score (nSPS) is 12.4. The SMILES string of the molecule is FC(F)(F)c1ccc(-c2c3ccccc3c(-c3ccc4ccc5cccc6ccc3c4c56)c3ccccc23)cc1. The third kappa shape index (κ3) is 3.27. The van der Waals surface area contributed by atoms with E-state index in [1.54, 1.807) is 12.1 Å². The maximum Gasteiger partial charge on any atom is 0.416 e. The highest BCUT2D eigenvalue weighted by molar-refractivity contribution is 6.29. The highest BCUT2D eigenvalue weighted by atomic mass is 19.4. The molecule has 0 fully saturated rings. The number of halogens is 3. The molecule has 40 heavy (non-hydrogen) atoms. The lowest BCUT2D eigenvalue weighted by Crippen LogP contribution is -2.04. The zero-order valence-electron chi connectivity index (χ0n) is 21.3. The molecule has 0 saturated heterocycles. The average molecular weight is 523 g/mol. The van der Waals surface area contributed by atoms with Crippen molar-refractivity contribution in [2.45, 2.75) is 6.18 Å². The Bertz CT molecular complexity index is 2170. The van der Waals surface area contributed by atoms with Crippen LogP contribution in [0.15, 0.2) is 127 Å². The van der Waals surface area contributed by atoms with Crippen molar-refractivity contribution in [2.24, 2.45) is 0 Å². The molecule has 0 radical (unpaired) electrons. The van der Waals surface area contributed by atoms with Crippen molar-refractivity contribution in [2.75, 3.05) is 0 Å². The third-order valence-electron chi connectivity index (χ3n) is 8.23. The van der Waals surface area contributed by atoms with Gasteiger partial charge in [-0.3, -0.25) is 0 Å². The maximum absolute atomic E-state index is 13.3. The Balaban J connectivity index is 1.50. The van der Waals surface area contributed by atoms with E-state index >= 15 is 0 Å². The fourth-order valence-corrected chi connectivity index (χ4v) is 6.51. The first-order valence-corrected chi connectivity index (χ1v) is 13.3. The zero-order chi connectivity index (χ0) is 27.0. The largest absolute Gasteiger partial charge is 0.416 e. The van der Waals surface area contributed by atoms with E-state index in [1.807, 2.05) is 24.3 Å². The van der Waals surface area contributed by atoms with Gasteiger partial charge < -0.3 is 0 Å². The molecule has 0 bridgehead atoms. The van der Waals surface area contributed by atoms with Crippen molar-refractivity contribution in [3.63, 3.8) is 0 Å². The first kappa shape index (κ1) is 23.0. The molecule has 0 atom stereocenters. The second-order valence-corrected chi connectivity index (χ2v) is 10.4. The predicted molar refractivity (Wildman–Crippen MR) is 161 cm³/mol. The van der Waals surface area contributed by atoms with Crippen LogP contribution in [0.5, 0.6) is 0 Å². The Morgan fingerprint density at radius 3 is 1.45 bits per heavy atom. The summed E-state index contributed by atoms with van der Waals surface area (Å²) in [6.45, 7) is 0. The van der Waals surface area contributed by atoms with Crippen molar-refractivity contribution < 1.29 is 13.2 Å². The molecule has 190 valence electrons. The third-order valence-corrected chi connectivity index (χ3v) is 8.23. The summed E-state index contributed by atoms with van der Waals surface area (Å²) in [6, 6.07) is 41.7. The molecule has 0 aliphatic rings. The summed E-state index contributed by atoms with van der Waals surface area (Å²) in [5, 5.41) is 11.6. The Kier molecular flexibility index (Phi) is 4.78. The van der Waals surface area contributed by atoms with Gasteiger partial charge in [0.15, 0.2) is 0 Å². The lowest BCUT2D eigenvalue weighted by Gasteiger charge is -2.20. The van der Waals surface area contributed by atoms with Gasteiger partial charge in [-0.15, -0.1) is 0 Å². The van der Waals surface area contributed by atoms with E-state index < -0.39 is 11.7 Å². The molecule has 0 unspecified atom stereocenters. The lowest BCUT2D eigenvalue weighted by molar-refractivity contribution is -0.137. The molecule has 0 aromatic heterocycles. The van der Waals surface area contributed by atoms with E-state index in [-0.39, 0.29) is 0 Å². The van der Waals surface area contributed by atoms with E-state index in [4.69, 9.17) is 0 Å². The number of rotatable bonds is 2. The first-order valence-electron chi connectivity index (χ1n) is 13.3. The van der Waals surface area contributed by atoms with E-state index in [1.165, 1.54) is 44.5 Å². The van der Waals surface area contributed by atoms with Gasteiger partial charge in [-0.2, -0.15) is 13.2 Å². The predicted octanol–water partition coefficient (Wildman–Crippen LogP) is 11.2. The van der Waals surface area contributed by atoms with Crippen LogP contribution in [-0.2, 0) is 6.18 Å². The van der Waals surface area contributed by atoms with Gasteiger partial charge in [-0.05, 0) is 88.2 Å². The number of hydrogen-bond donors (Lipinski definition) is 0. The van der Waals surface area contributed by atoms with Gasteiger partial charge in [0.2, 0.25) is 0 Å². The fourth-order valence-electron chi connectivity index (χ4n) is 6.51. The lowest BCUT2D eigenvalue weighted by atomic mass is 9.83. The quantitative estimate of drug-likeness (QED) is 0.156. The van der Waals surface area contributed by atoms with Crippen LogP contribution in [0.1, 0.15) is 5.56 Å². The van der Waals surface area contributed by atoms with Gasteiger partial charge in [-0.1, -0.05) is 115 Å². The summed E-state index contributed by atoms with van der Waals surface area (Å²) >= 11 is 0. The minimum atomic E-state index is -4.37. The van der Waals surface area contributed by atoms with Crippen LogP contribution >= 0.6 is 0 Å². The van der Waals surface area contributed by atoms with E-state index in [2.05, 4.69) is 78.9 Å². The second kappa shape index (κ2) is 8.30. The van der Waals surface area contributed by atoms with Crippen molar-refractivity contribution in [3.8, 4) is 22.3 Å². The molecule has 8 aromatic rings. The first-order chi connectivity index (χ1) is 19.5. The van der Waals surface area contributed by atoms with E-state index in [9.17, 15) is 13.2 Å². The Hall–Kier alpha value is -4.89. The highest BCUT2D eigenvalue weighted by Gasteiger charge is 2.30. The summed E-state index contributed by atoms with van der Waals surface area (Å²) in [5.41, 5.74) is 3.36. The van der Waals surface area contributed by atoms with Gasteiger partial charge in [0, 0.05) is 0 Å². The molecule has 0 heterocycles. The van der Waals surface area contributed by atoms with Crippen LogP contribution < -0.4 is 0 Å². The summed E-state index contributed by atoms with van der Waals surface area (Å²) in [5.74, 6) is 0. The molecule has 0 nitrogen and oxygen atoms in total. The average Bonchev–Trinajstić information content (AvgIpc) is 2.98. The van der Waals surface area contributed by atoms with Gasteiger partial charge in [-0.25, -0.2) is 0 Å². The molecule has 8 rings (SSSR count). The monoisotopic (exact) mass is 522 g/mol. The molecule has 0 amide bonds. The summed E-state index contributed by atoms with van der Waals surface area (Å²) in [7, 11) is 0. The Morgan fingerprint density at radius 2 is 0.875 bits per heavy atom. The van der Waals surface area contributed by atoms with Gasteiger partial charge in [0.1, 0.15) is 0 Å². The summed E-state index contributed by atoms with van der Waals surface area (Å²) < 4.78 is 40.0. The minimum absolute atomic E-state index is 0.643. The zero-order valence-corrected chi connectivity index (χ0v) is 21.3. The van der Waals surface area contributed by atoms with Crippen LogP contribution in [0, 0.1) is 0 Å². The van der Waals surface area contributed by atoms with Crippen molar-refractivity contribution >= 4 is 53.9 Å². The van der Waals surface area contributed by atoms with Gasteiger partial charge in [0.05, 0.1) is 5.56 Å². The van der Waals surface area contributed by atoms with Gasteiger partial charge in [0.25, 0.3) is 0 Å². The Morgan fingerprint density at radius 1 is 0.375 bits per heavy atom. The molecular formula is C37H21F3. The number of hydrogen-bond acceptors (Lipinski definition) is 0. The molecule has 0 aliphatic carbocycles. The summed E-state index contributed by atoms with van der Waals surface area (Å²) in [6.07, 6.45) is -4.37. The molecular weight excluding hydrogens is 501 g/mol. The van der Waals surface area contributed by atoms with Crippen LogP contribution in [0.4, 0.5) is 13.2 Å². The molecule has 0 aliphatic heterocycles. The van der Waals surface area contributed by atoms with Crippen molar-refractivity contribution in [3.05, 3.63) is 133 Å². The molecule has 3 heteroatoms. The van der Waals surface area contributed by atoms with E-state index in [0.29, 0.717) is 0 Å². The van der Waals surface area contributed by atoms with Crippen LogP contribution in [0.3, 0.4) is 0 Å². The molecule has 0 spiro atoms. The standard InChI is InChI=1S/C37H21F3/c38-37(39,40)26-18-14-24(15-19-26)34-27-8-1-3-10-29(27)36(30-11-4-2-9-28(30)34)32-21-17-25-13-12-22-6-5-7-23-16-20-31(32)35(25)33(22)23/h1-21H. The fraction of sp³-hybridized carbons (Fsp3) is 0.0270. The van der Waals surface area contributed by atoms with Gasteiger partial charge >= 0.3 is 6.18 Å². The number of alkyl halides is 3. The van der Waals surface area contributed by atoms with Crippen LogP contribution in [-0.4, -0.2) is 0 Å². The topological polar surface area (TPSA) is 0 Å². The smallest absolute Gasteiger partial charge is 0.166 e. The van der Waals surface area contributed by atoms with Crippen molar-refractivity contribution in [1.29, 1.82) is 0 Å². The second-order valence-electron chi connectivity index (χ2n) is 10.4. The van der Waals surface area contributed by atoms with E-state index in [0.717, 1.165) is 43.8 Å². The Labute approximate surface area is 228 Å². The molecule has 0 saturated carbocycles. The number of benzene rings is 8. The summed E-state index contributed by atoms with van der Waals surface area (Å²) in [4.78, 5) is 0. The van der Waals surface area contributed by atoms with Crippen molar-refractivity contribution in [1.82, 2.24) is 0 Å². The molecule has 8 aromatic carbocycles. The highest BCUT2D eigenvalue weighted by Crippen LogP contribution is 2.47. The minimum Gasteiger partial charge on any atom is -0.166 e. The van der Waals surface area contributed by atoms with Crippen LogP contribution in [0.2, 0.25) is 0 Å².